The van der Waals surface area contributed by atoms with E-state index in [1.165, 1.54) is 6.08 Å². The predicted molar refractivity (Wildman–Crippen MR) is 42.3 cm³/mol. The summed E-state index contributed by atoms with van der Waals surface area (Å²) in [7, 11) is 0. The van der Waals surface area contributed by atoms with Crippen LogP contribution >= 0.6 is 0 Å². The van der Waals surface area contributed by atoms with E-state index in [-0.39, 0.29) is 5.91 Å². The van der Waals surface area contributed by atoms with Crippen LogP contribution in [0.1, 0.15) is 20.8 Å². The Morgan fingerprint density at radius 3 is 2.20 bits per heavy atom. The Bertz CT molecular complexity index is 138. The largest absolute Gasteiger partial charge is 0.366 e. The first-order valence-electron chi connectivity index (χ1n) is 3.51. The number of hydrogen-bond donors (Lipinski definition) is 1. The van der Waals surface area contributed by atoms with Gasteiger partial charge in [0.25, 0.3) is 0 Å². The van der Waals surface area contributed by atoms with Gasteiger partial charge in [-0.1, -0.05) is 26.8 Å². The van der Waals surface area contributed by atoms with Gasteiger partial charge >= 0.3 is 0 Å². The number of primary amides is 1. The van der Waals surface area contributed by atoms with Crippen LogP contribution in [0.15, 0.2) is 12.2 Å². The van der Waals surface area contributed by atoms with Crippen LogP contribution in [0.25, 0.3) is 0 Å². The highest BCUT2D eigenvalue weighted by Gasteiger charge is 2.01. The molecule has 1 amide bonds. The smallest absolute Gasteiger partial charge is 0.241 e. The summed E-state index contributed by atoms with van der Waals surface area (Å²) >= 11 is 0. The fourth-order valence-corrected chi connectivity index (χ4v) is 0.469. The molecule has 0 aliphatic carbocycles. The summed E-state index contributed by atoms with van der Waals surface area (Å²) in [4.78, 5) is 10.3. The van der Waals surface area contributed by atoms with Gasteiger partial charge in [0.2, 0.25) is 5.91 Å². The number of carbonyl (C=O) groups is 1. The van der Waals surface area contributed by atoms with Crippen LogP contribution in [0.4, 0.5) is 0 Å². The normalized spacial score (nSPS) is 14.4. The summed E-state index contributed by atoms with van der Waals surface area (Å²) in [5.41, 5.74) is 4.92. The van der Waals surface area contributed by atoms with Crippen LogP contribution in [-0.4, -0.2) is 5.91 Å². The molecule has 0 saturated heterocycles. The average molecular weight is 141 g/mol. The molecular formula is C8H15NO. The van der Waals surface area contributed by atoms with Crippen LogP contribution in [0.3, 0.4) is 0 Å². The first-order valence-corrected chi connectivity index (χ1v) is 3.51. The molecule has 0 aromatic carbocycles. The molecule has 0 bridgehead atoms. The maximum Gasteiger partial charge on any atom is 0.241 e. The molecule has 2 N–H and O–H groups in total. The highest BCUT2D eigenvalue weighted by Crippen LogP contribution is 2.09. The average Bonchev–Trinajstić information content (AvgIpc) is 1.82. The van der Waals surface area contributed by atoms with E-state index in [1.54, 1.807) is 0 Å². The topological polar surface area (TPSA) is 43.1 Å². The summed E-state index contributed by atoms with van der Waals surface area (Å²) in [6, 6.07) is 0. The molecule has 0 aliphatic rings. The zero-order valence-corrected chi connectivity index (χ0v) is 6.79. The monoisotopic (exact) mass is 141 g/mol. The van der Waals surface area contributed by atoms with Crippen molar-refractivity contribution < 1.29 is 4.79 Å². The van der Waals surface area contributed by atoms with Gasteiger partial charge in [0.15, 0.2) is 0 Å². The second-order valence-corrected chi connectivity index (χ2v) is 2.86. The van der Waals surface area contributed by atoms with Gasteiger partial charge in [-0.15, -0.1) is 0 Å². The zero-order valence-electron chi connectivity index (χ0n) is 6.79. The molecule has 0 saturated carbocycles. The zero-order chi connectivity index (χ0) is 8.15. The minimum Gasteiger partial charge on any atom is -0.366 e. The third kappa shape index (κ3) is 4.13. The molecular weight excluding hydrogens is 126 g/mol. The molecule has 1 unspecified atom stereocenters. The fourth-order valence-electron chi connectivity index (χ4n) is 0.469. The van der Waals surface area contributed by atoms with E-state index >= 15 is 0 Å². The lowest BCUT2D eigenvalue weighted by molar-refractivity contribution is -0.113. The van der Waals surface area contributed by atoms with Crippen molar-refractivity contribution in [3.05, 3.63) is 12.2 Å². The van der Waals surface area contributed by atoms with E-state index in [0.29, 0.717) is 11.8 Å². The number of carbonyl (C=O) groups excluding carboxylic acids is 1. The van der Waals surface area contributed by atoms with Gasteiger partial charge in [0, 0.05) is 0 Å². The minimum atomic E-state index is -0.368. The maximum atomic E-state index is 10.3. The molecule has 0 aromatic rings. The summed E-state index contributed by atoms with van der Waals surface area (Å²) < 4.78 is 0. The Morgan fingerprint density at radius 2 is 1.90 bits per heavy atom. The number of nitrogens with two attached hydrogens (primary N) is 1. The third-order valence-corrected chi connectivity index (χ3v) is 1.62. The lowest BCUT2D eigenvalue weighted by Crippen LogP contribution is -2.07. The van der Waals surface area contributed by atoms with E-state index in [2.05, 4.69) is 20.8 Å². The molecule has 0 aliphatic heterocycles. The van der Waals surface area contributed by atoms with Gasteiger partial charge in [-0.2, -0.15) is 0 Å². The summed E-state index contributed by atoms with van der Waals surface area (Å²) in [5.74, 6) is 0.621. The summed E-state index contributed by atoms with van der Waals surface area (Å²) in [5, 5.41) is 0. The van der Waals surface area contributed by atoms with E-state index in [0.717, 1.165) is 0 Å². The van der Waals surface area contributed by atoms with Crippen molar-refractivity contribution in [3.63, 3.8) is 0 Å². The highest BCUT2D eigenvalue weighted by molar-refractivity contribution is 5.85. The molecule has 0 heterocycles. The Kier molecular flexibility index (Phi) is 3.77. The fraction of sp³-hybridized carbons (Fsp3) is 0.625. The summed E-state index contributed by atoms with van der Waals surface area (Å²) in [6.45, 7) is 6.27. The molecule has 0 aromatic heterocycles. The van der Waals surface area contributed by atoms with E-state index in [4.69, 9.17) is 5.73 Å². The van der Waals surface area contributed by atoms with Crippen LogP contribution in [0.5, 0.6) is 0 Å². The lowest BCUT2D eigenvalue weighted by atomic mass is 9.98. The minimum absolute atomic E-state index is 0.368. The third-order valence-electron chi connectivity index (χ3n) is 1.62. The molecule has 10 heavy (non-hydrogen) atoms. The van der Waals surface area contributed by atoms with Crippen LogP contribution in [0.2, 0.25) is 0 Å². The molecule has 0 radical (unpaired) electrons. The molecule has 0 spiro atoms. The Balaban J connectivity index is 3.77. The predicted octanol–water partition coefficient (Wildman–Crippen LogP) is 1.32. The van der Waals surface area contributed by atoms with Gasteiger partial charge in [0.1, 0.15) is 0 Å². The summed E-state index contributed by atoms with van der Waals surface area (Å²) in [6.07, 6.45) is 3.26. The Labute approximate surface area is 62.1 Å². The molecule has 58 valence electrons. The first kappa shape index (κ1) is 9.21. The van der Waals surface area contributed by atoms with Gasteiger partial charge in [-0.25, -0.2) is 0 Å². The molecule has 2 nitrogen and oxygen atoms in total. The molecule has 0 fully saturated rings. The number of amides is 1. The van der Waals surface area contributed by atoms with Crippen molar-refractivity contribution in [1.82, 2.24) is 0 Å². The van der Waals surface area contributed by atoms with Crippen LogP contribution in [0, 0.1) is 11.8 Å². The molecule has 0 rings (SSSR count). The van der Waals surface area contributed by atoms with Crippen LogP contribution < -0.4 is 5.73 Å². The van der Waals surface area contributed by atoms with Gasteiger partial charge in [-0.3, -0.25) is 4.79 Å². The van der Waals surface area contributed by atoms with Crippen molar-refractivity contribution in [1.29, 1.82) is 0 Å². The van der Waals surface area contributed by atoms with Crippen molar-refractivity contribution in [3.8, 4) is 0 Å². The maximum absolute atomic E-state index is 10.3. The highest BCUT2D eigenvalue weighted by atomic mass is 16.1. The second kappa shape index (κ2) is 4.09. The van der Waals surface area contributed by atoms with Crippen molar-refractivity contribution in [2.75, 3.05) is 0 Å². The number of rotatable bonds is 3. The Hall–Kier alpha value is -0.790. The van der Waals surface area contributed by atoms with Crippen molar-refractivity contribution >= 4 is 5.91 Å². The number of hydrogen-bond acceptors (Lipinski definition) is 1. The van der Waals surface area contributed by atoms with Gasteiger partial charge in [0.05, 0.1) is 0 Å². The number of allylic oxidation sites excluding steroid dienone is 1. The quantitative estimate of drug-likeness (QED) is 0.592. The lowest BCUT2D eigenvalue weighted by Gasteiger charge is -2.08. The van der Waals surface area contributed by atoms with Crippen molar-refractivity contribution in [2.45, 2.75) is 20.8 Å². The van der Waals surface area contributed by atoms with Gasteiger partial charge < -0.3 is 5.73 Å². The van der Waals surface area contributed by atoms with Gasteiger partial charge in [-0.05, 0) is 17.9 Å². The second-order valence-electron chi connectivity index (χ2n) is 2.86. The SMILES string of the molecule is CC(C)C(C)/C=C/C(N)=O. The first-order chi connectivity index (χ1) is 4.54. The molecule has 1 atom stereocenters. The van der Waals surface area contributed by atoms with E-state index in [1.807, 2.05) is 6.08 Å². The molecule has 2 heteroatoms. The Morgan fingerprint density at radius 1 is 1.40 bits per heavy atom. The van der Waals surface area contributed by atoms with Crippen LogP contribution in [-0.2, 0) is 4.79 Å². The van der Waals surface area contributed by atoms with E-state index in [9.17, 15) is 4.79 Å². The van der Waals surface area contributed by atoms with Crippen molar-refractivity contribution in [2.24, 2.45) is 17.6 Å². The van der Waals surface area contributed by atoms with E-state index < -0.39 is 0 Å². The standard InChI is InChI=1S/C8H15NO/c1-6(2)7(3)4-5-8(9)10/h4-7H,1-3H3,(H2,9,10)/b5-4+.